The van der Waals surface area contributed by atoms with E-state index in [1.54, 1.807) is 0 Å². The van der Waals surface area contributed by atoms with Crippen LogP contribution in [0.5, 0.6) is 0 Å². The number of carbonyl (C=O) groups is 3. The summed E-state index contributed by atoms with van der Waals surface area (Å²) < 4.78 is 10.9. The molecule has 3 aromatic rings. The van der Waals surface area contributed by atoms with Gasteiger partial charge in [-0.05, 0) is 41.5 Å². The normalized spacial score (nSPS) is 17.1. The number of hydrogen-bond acceptors (Lipinski definition) is 5. The molecule has 2 aromatic carbocycles. The van der Waals surface area contributed by atoms with Gasteiger partial charge in [0.25, 0.3) is 5.91 Å². The topological polar surface area (TPSA) is 109 Å². The van der Waals surface area contributed by atoms with Crippen molar-refractivity contribution in [1.82, 2.24) is 4.90 Å². The van der Waals surface area contributed by atoms with Gasteiger partial charge in [-0.25, -0.2) is 9.59 Å². The number of benzene rings is 2. The monoisotopic (exact) mass is 460 g/mol. The van der Waals surface area contributed by atoms with Crippen LogP contribution in [0.25, 0.3) is 11.1 Å². The first-order valence-electron chi connectivity index (χ1n) is 11.3. The number of hydrogen-bond donors (Lipinski definition) is 2. The molecule has 0 saturated carbocycles. The summed E-state index contributed by atoms with van der Waals surface area (Å²) in [7, 11) is 0. The highest BCUT2D eigenvalue weighted by atomic mass is 16.5. The highest BCUT2D eigenvalue weighted by Gasteiger charge is 2.35. The molecule has 0 spiro atoms. The van der Waals surface area contributed by atoms with Gasteiger partial charge in [-0.1, -0.05) is 48.5 Å². The maximum absolute atomic E-state index is 13.0. The van der Waals surface area contributed by atoms with E-state index in [4.69, 9.17) is 9.15 Å². The fourth-order valence-corrected chi connectivity index (χ4v) is 4.88. The van der Waals surface area contributed by atoms with E-state index >= 15 is 0 Å². The van der Waals surface area contributed by atoms with Crippen LogP contribution in [0.2, 0.25) is 0 Å². The van der Waals surface area contributed by atoms with Gasteiger partial charge in [0, 0.05) is 18.5 Å². The first-order chi connectivity index (χ1) is 16.5. The molecule has 8 heteroatoms. The number of carboxylic acid groups (broad SMARTS) is 1. The second-order valence-electron chi connectivity index (χ2n) is 8.46. The number of furan rings is 1. The predicted molar refractivity (Wildman–Crippen MR) is 124 cm³/mol. The van der Waals surface area contributed by atoms with E-state index in [2.05, 4.69) is 17.4 Å². The number of carbonyl (C=O) groups excluding carboxylic acids is 2. The van der Waals surface area contributed by atoms with E-state index in [0.29, 0.717) is 19.4 Å². The summed E-state index contributed by atoms with van der Waals surface area (Å²) in [4.78, 5) is 38.5. The summed E-state index contributed by atoms with van der Waals surface area (Å²) >= 11 is 0. The number of aliphatic carboxylic acids is 1. The molecule has 0 bridgehead atoms. The van der Waals surface area contributed by atoms with Crippen LogP contribution in [0, 0.1) is 0 Å². The largest absolute Gasteiger partial charge is 0.480 e. The minimum absolute atomic E-state index is 0.0896. The van der Waals surface area contributed by atoms with E-state index in [0.717, 1.165) is 28.7 Å². The molecule has 2 amide bonds. The minimum atomic E-state index is -1.05. The summed E-state index contributed by atoms with van der Waals surface area (Å²) in [6.45, 7) is 0.453. The van der Waals surface area contributed by atoms with Gasteiger partial charge in [-0.15, -0.1) is 0 Å². The molecule has 0 unspecified atom stereocenters. The van der Waals surface area contributed by atoms with E-state index < -0.39 is 24.0 Å². The third kappa shape index (κ3) is 3.91. The molecular weight excluding hydrogens is 436 g/mol. The van der Waals surface area contributed by atoms with E-state index in [1.165, 1.54) is 17.2 Å². The fraction of sp³-hybridized carbons (Fsp3) is 0.269. The molecular formula is C26H24N2O6. The van der Waals surface area contributed by atoms with E-state index in [-0.39, 0.29) is 24.0 Å². The second-order valence-corrected chi connectivity index (χ2v) is 8.46. The van der Waals surface area contributed by atoms with Crippen LogP contribution in [0.4, 0.5) is 10.5 Å². The van der Waals surface area contributed by atoms with Gasteiger partial charge in [0.15, 0.2) is 0 Å². The lowest BCUT2D eigenvalue weighted by Gasteiger charge is -2.32. The Labute approximate surface area is 196 Å². The van der Waals surface area contributed by atoms with Crippen LogP contribution in [-0.4, -0.2) is 47.2 Å². The number of nitrogens with one attached hydrogen (secondary N) is 1. The van der Waals surface area contributed by atoms with Crippen LogP contribution < -0.4 is 5.32 Å². The van der Waals surface area contributed by atoms with Gasteiger partial charge in [-0.3, -0.25) is 10.1 Å². The van der Waals surface area contributed by atoms with Crippen molar-refractivity contribution in [1.29, 1.82) is 0 Å². The Morgan fingerprint density at radius 2 is 1.68 bits per heavy atom. The van der Waals surface area contributed by atoms with E-state index in [9.17, 15) is 19.5 Å². The number of amides is 2. The van der Waals surface area contributed by atoms with Gasteiger partial charge >= 0.3 is 12.1 Å². The minimum Gasteiger partial charge on any atom is -0.480 e. The molecule has 2 aliphatic rings. The maximum atomic E-state index is 13.0. The van der Waals surface area contributed by atoms with Crippen LogP contribution in [-0.2, 0) is 9.53 Å². The van der Waals surface area contributed by atoms with E-state index in [1.807, 2.05) is 36.4 Å². The molecule has 2 heterocycles. The number of rotatable bonds is 5. The van der Waals surface area contributed by atoms with Crippen molar-refractivity contribution in [3.8, 4) is 11.1 Å². The van der Waals surface area contributed by atoms with Crippen molar-refractivity contribution >= 4 is 23.7 Å². The van der Waals surface area contributed by atoms with Gasteiger partial charge in [-0.2, -0.15) is 0 Å². The van der Waals surface area contributed by atoms with Crippen molar-refractivity contribution in [2.45, 2.75) is 31.2 Å². The lowest BCUT2D eigenvalue weighted by molar-refractivity contribution is -0.143. The molecule has 2 N–H and O–H groups in total. The number of carboxylic acids is 1. The third-order valence-electron chi connectivity index (χ3n) is 6.49. The highest BCUT2D eigenvalue weighted by molar-refractivity contribution is 6.01. The average Bonchev–Trinajstić information content (AvgIpc) is 3.44. The number of likely N-dealkylation sites (tertiary alicyclic amines) is 1. The Morgan fingerprint density at radius 3 is 2.35 bits per heavy atom. The molecule has 5 rings (SSSR count). The molecule has 34 heavy (non-hydrogen) atoms. The third-order valence-corrected chi connectivity index (χ3v) is 6.49. The standard InChI is InChI=1S/C26H24N2O6/c29-24(28-13-6-5-11-22(28)25(30)31)23-21(12-14-33-23)27-26(32)34-15-20-18-9-3-1-7-16(18)17-8-2-4-10-19(17)20/h1-4,7-10,12,14,20,22H,5-6,11,13,15H2,(H,27,32)(H,30,31)/t22-/m0/s1. The van der Waals surface area contributed by atoms with Crippen LogP contribution in [0.15, 0.2) is 65.3 Å². The van der Waals surface area contributed by atoms with Gasteiger partial charge in [0.1, 0.15) is 12.6 Å². The summed E-state index contributed by atoms with van der Waals surface area (Å²) in [6, 6.07) is 16.6. The quantitative estimate of drug-likeness (QED) is 0.570. The molecule has 1 aliphatic carbocycles. The lowest BCUT2D eigenvalue weighted by atomic mass is 9.98. The molecule has 1 aliphatic heterocycles. The Bertz CT molecular complexity index is 1200. The van der Waals surface area contributed by atoms with Crippen molar-refractivity contribution in [2.24, 2.45) is 0 Å². The van der Waals surface area contributed by atoms with Crippen LogP contribution >= 0.6 is 0 Å². The van der Waals surface area contributed by atoms with Crippen molar-refractivity contribution in [3.63, 3.8) is 0 Å². The molecule has 1 aromatic heterocycles. The molecule has 1 atom stereocenters. The van der Waals surface area contributed by atoms with Gasteiger partial charge < -0.3 is 19.2 Å². The number of nitrogens with zero attached hydrogens (tertiary/aromatic N) is 1. The van der Waals surface area contributed by atoms with Crippen molar-refractivity contribution in [3.05, 3.63) is 77.7 Å². The smallest absolute Gasteiger partial charge is 0.411 e. The van der Waals surface area contributed by atoms with Crippen molar-refractivity contribution < 1.29 is 28.6 Å². The summed E-state index contributed by atoms with van der Waals surface area (Å²) in [5.41, 5.74) is 4.60. The van der Waals surface area contributed by atoms with Gasteiger partial charge in [0.2, 0.25) is 5.76 Å². The Kier molecular flexibility index (Phi) is 5.79. The zero-order valence-corrected chi connectivity index (χ0v) is 18.4. The fourth-order valence-electron chi connectivity index (χ4n) is 4.88. The SMILES string of the molecule is O=C(Nc1ccoc1C(=O)N1CCCC[C@H]1C(=O)O)OCC1c2ccccc2-c2ccccc21. The first-order valence-corrected chi connectivity index (χ1v) is 11.3. The summed E-state index contributed by atoms with van der Waals surface area (Å²) in [6.07, 6.45) is 2.41. The first kappa shape index (κ1) is 21.8. The van der Waals surface area contributed by atoms with Crippen molar-refractivity contribution in [2.75, 3.05) is 18.5 Å². The van der Waals surface area contributed by atoms with Gasteiger partial charge in [0.05, 0.1) is 12.0 Å². The highest BCUT2D eigenvalue weighted by Crippen LogP contribution is 2.44. The zero-order valence-electron chi connectivity index (χ0n) is 18.4. The maximum Gasteiger partial charge on any atom is 0.411 e. The Morgan fingerprint density at radius 1 is 1.00 bits per heavy atom. The summed E-state index contributed by atoms with van der Waals surface area (Å²) in [5.74, 6) is -1.81. The second kappa shape index (κ2) is 9.05. The number of piperidine rings is 1. The molecule has 1 saturated heterocycles. The molecule has 174 valence electrons. The average molecular weight is 460 g/mol. The van der Waals surface area contributed by atoms with Crippen LogP contribution in [0.1, 0.15) is 46.9 Å². The number of fused-ring (bicyclic) bond motifs is 3. The van der Waals surface area contributed by atoms with Crippen LogP contribution in [0.3, 0.4) is 0 Å². The lowest BCUT2D eigenvalue weighted by Crippen LogP contribution is -2.48. The number of ether oxygens (including phenoxy) is 1. The predicted octanol–water partition coefficient (Wildman–Crippen LogP) is 4.72. The molecule has 1 fully saturated rings. The summed E-state index contributed by atoms with van der Waals surface area (Å²) in [5, 5.41) is 12.0. The molecule has 8 nitrogen and oxygen atoms in total. The Balaban J connectivity index is 1.28. The number of anilines is 1. The zero-order chi connectivity index (χ0) is 23.7. The Hall–Kier alpha value is -4.07. The molecule has 0 radical (unpaired) electrons.